The Bertz CT molecular complexity index is 502. The van der Waals surface area contributed by atoms with Gasteiger partial charge in [-0.25, -0.2) is 0 Å². The fourth-order valence-corrected chi connectivity index (χ4v) is 9.22. The van der Waals surface area contributed by atoms with Gasteiger partial charge in [0.2, 0.25) is 14.2 Å². The van der Waals surface area contributed by atoms with E-state index in [1.54, 1.807) is 6.07 Å². The van der Waals surface area contributed by atoms with Crippen LogP contribution in [0.15, 0.2) is 18.2 Å². The molecule has 1 aromatic rings. The van der Waals surface area contributed by atoms with E-state index in [4.69, 9.17) is 10.2 Å². The van der Waals surface area contributed by atoms with Crippen LogP contribution in [0.2, 0.25) is 16.6 Å². The summed E-state index contributed by atoms with van der Waals surface area (Å²) in [6.45, 7) is 16.2. The van der Waals surface area contributed by atoms with Crippen molar-refractivity contribution in [1.29, 1.82) is 0 Å². The van der Waals surface area contributed by atoms with Gasteiger partial charge < -0.3 is 10.2 Å². The lowest BCUT2D eigenvalue weighted by atomic mass is 10.0. The zero-order valence-electron chi connectivity index (χ0n) is 15.1. The largest absolute Gasteiger partial charge is 0.412 e. The van der Waals surface area contributed by atoms with Gasteiger partial charge in [0.1, 0.15) is 0 Å². The summed E-state index contributed by atoms with van der Waals surface area (Å²) in [6, 6.07) is 5.69. The number of primary amides is 1. The predicted molar refractivity (Wildman–Crippen MR) is 95.5 cm³/mol. The molecule has 0 atom stereocenters. The van der Waals surface area contributed by atoms with Crippen molar-refractivity contribution in [3.8, 4) is 0 Å². The molecule has 1 aromatic carbocycles. The first kappa shape index (κ1) is 18.9. The molecule has 0 aromatic heterocycles. The zero-order valence-corrected chi connectivity index (χ0v) is 16.1. The Balaban J connectivity index is 3.10. The van der Waals surface area contributed by atoms with E-state index < -0.39 is 8.32 Å². The lowest BCUT2D eigenvalue weighted by Crippen LogP contribution is -2.47. The van der Waals surface area contributed by atoms with E-state index in [9.17, 15) is 4.79 Å². The van der Waals surface area contributed by atoms with E-state index in [-0.39, 0.29) is 5.91 Å². The van der Waals surface area contributed by atoms with Crippen LogP contribution < -0.4 is 5.73 Å². The van der Waals surface area contributed by atoms with E-state index in [1.165, 1.54) is 0 Å². The van der Waals surface area contributed by atoms with Crippen LogP contribution >= 0.6 is 0 Å². The highest BCUT2D eigenvalue weighted by atomic mass is 28.4. The van der Waals surface area contributed by atoms with Crippen LogP contribution in [0.5, 0.6) is 0 Å². The van der Waals surface area contributed by atoms with Gasteiger partial charge in [0.25, 0.3) is 0 Å². The van der Waals surface area contributed by atoms with E-state index in [1.807, 2.05) is 19.1 Å². The molecule has 0 bridgehead atoms. The molecule has 0 spiro atoms. The monoisotopic (exact) mass is 321 g/mol. The second-order valence-electron chi connectivity index (χ2n) is 7.06. The molecule has 2 N–H and O–H groups in total. The Morgan fingerprint density at radius 3 is 2.00 bits per heavy atom. The number of hydrogen-bond donors (Lipinski definition) is 1. The van der Waals surface area contributed by atoms with Crippen molar-refractivity contribution in [2.45, 2.75) is 71.7 Å². The first-order valence-electron chi connectivity index (χ1n) is 8.16. The topological polar surface area (TPSA) is 52.3 Å². The summed E-state index contributed by atoms with van der Waals surface area (Å²) in [5.74, 6) is -0.376. The predicted octanol–water partition coefficient (Wildman–Crippen LogP) is 4.79. The van der Waals surface area contributed by atoms with Crippen LogP contribution in [-0.2, 0) is 11.0 Å². The maximum Gasteiger partial charge on any atom is 0.248 e. The molecule has 0 aliphatic rings. The Kier molecular flexibility index (Phi) is 6.38. The smallest absolute Gasteiger partial charge is 0.248 e. The van der Waals surface area contributed by atoms with Crippen molar-refractivity contribution in [2.75, 3.05) is 0 Å². The summed E-state index contributed by atoms with van der Waals surface area (Å²) >= 11 is 0. The number of rotatable bonds is 7. The van der Waals surface area contributed by atoms with Crippen molar-refractivity contribution in [2.24, 2.45) is 5.73 Å². The third kappa shape index (κ3) is 3.61. The SMILES string of the molecule is Cc1c(CO[Si](C(C)C)(C(C)C)C(C)C)cccc1C(N)=O. The number of amides is 1. The van der Waals surface area contributed by atoms with Gasteiger partial charge in [-0.05, 0) is 40.7 Å². The quantitative estimate of drug-likeness (QED) is 0.734. The van der Waals surface area contributed by atoms with Crippen molar-refractivity contribution >= 4 is 14.2 Å². The third-order valence-electron chi connectivity index (χ3n) is 4.90. The number of hydrogen-bond acceptors (Lipinski definition) is 2. The number of benzene rings is 1. The lowest BCUT2D eigenvalue weighted by molar-refractivity contribution is 0.0999. The molecule has 4 heteroatoms. The molecule has 0 saturated carbocycles. The average molecular weight is 322 g/mol. The Hall–Kier alpha value is -1.13. The minimum absolute atomic E-state index is 0.376. The maximum atomic E-state index is 11.5. The highest BCUT2D eigenvalue weighted by Gasteiger charge is 2.45. The van der Waals surface area contributed by atoms with Crippen LogP contribution in [0.25, 0.3) is 0 Å². The molecule has 3 nitrogen and oxygen atoms in total. The van der Waals surface area contributed by atoms with Gasteiger partial charge in [-0.1, -0.05) is 53.7 Å². The second kappa shape index (κ2) is 7.42. The van der Waals surface area contributed by atoms with Crippen molar-refractivity contribution in [3.05, 3.63) is 34.9 Å². The molecule has 0 saturated heterocycles. The van der Waals surface area contributed by atoms with Gasteiger partial charge in [-0.3, -0.25) is 4.79 Å². The fourth-order valence-electron chi connectivity index (χ4n) is 3.81. The molecule has 22 heavy (non-hydrogen) atoms. The van der Waals surface area contributed by atoms with Crippen LogP contribution in [0, 0.1) is 6.92 Å². The van der Waals surface area contributed by atoms with Crippen molar-refractivity contribution in [3.63, 3.8) is 0 Å². The Morgan fingerprint density at radius 2 is 1.59 bits per heavy atom. The van der Waals surface area contributed by atoms with Gasteiger partial charge in [0.05, 0.1) is 6.61 Å². The summed E-state index contributed by atoms with van der Waals surface area (Å²) in [5.41, 5.74) is 9.68. The van der Waals surface area contributed by atoms with E-state index in [0.717, 1.165) is 11.1 Å². The molecule has 0 radical (unpaired) electrons. The number of carbonyl (C=O) groups is 1. The molecule has 0 heterocycles. The summed E-state index contributed by atoms with van der Waals surface area (Å²) in [4.78, 5) is 11.5. The van der Waals surface area contributed by atoms with Crippen molar-refractivity contribution < 1.29 is 9.22 Å². The lowest BCUT2D eigenvalue weighted by Gasteiger charge is -2.42. The maximum absolute atomic E-state index is 11.5. The summed E-state index contributed by atoms with van der Waals surface area (Å²) < 4.78 is 6.60. The van der Waals surface area contributed by atoms with Crippen LogP contribution in [0.1, 0.15) is 63.0 Å². The first-order chi connectivity index (χ1) is 10.1. The van der Waals surface area contributed by atoms with Crippen LogP contribution in [0.3, 0.4) is 0 Å². The molecular weight excluding hydrogens is 290 g/mol. The van der Waals surface area contributed by atoms with E-state index >= 15 is 0 Å². The van der Waals surface area contributed by atoms with Gasteiger partial charge in [-0.15, -0.1) is 0 Å². The summed E-state index contributed by atoms with van der Waals surface area (Å²) in [7, 11) is -1.89. The highest BCUT2D eigenvalue weighted by Crippen LogP contribution is 2.42. The molecule has 0 unspecified atom stereocenters. The molecule has 124 valence electrons. The van der Waals surface area contributed by atoms with Gasteiger partial charge >= 0.3 is 0 Å². The standard InChI is InChI=1S/C18H31NO2Si/c1-12(2)22(13(3)4,14(5)6)21-11-16-9-8-10-17(15(16)7)18(19)20/h8-10,12-14H,11H2,1-7H3,(H2,19,20). The number of carbonyl (C=O) groups excluding carboxylic acids is 1. The Morgan fingerprint density at radius 1 is 1.09 bits per heavy atom. The fraction of sp³-hybridized carbons (Fsp3) is 0.611. The van der Waals surface area contributed by atoms with Gasteiger partial charge in [-0.2, -0.15) is 0 Å². The zero-order chi connectivity index (χ0) is 17.1. The molecule has 0 aliphatic carbocycles. The molecule has 0 fully saturated rings. The van der Waals surface area contributed by atoms with Gasteiger partial charge in [0.15, 0.2) is 0 Å². The molecule has 1 rings (SSSR count). The third-order valence-corrected chi connectivity index (χ3v) is 11.0. The normalized spacial score (nSPS) is 12.5. The van der Waals surface area contributed by atoms with E-state index in [2.05, 4.69) is 41.5 Å². The Labute approximate surface area is 136 Å². The van der Waals surface area contributed by atoms with E-state index in [0.29, 0.717) is 28.8 Å². The average Bonchev–Trinajstić information content (AvgIpc) is 2.39. The highest BCUT2D eigenvalue weighted by molar-refractivity contribution is 6.77. The molecule has 0 aliphatic heterocycles. The summed E-state index contributed by atoms with van der Waals surface area (Å²) in [5, 5.41) is 0. The minimum atomic E-state index is -1.89. The van der Waals surface area contributed by atoms with Crippen molar-refractivity contribution in [1.82, 2.24) is 0 Å². The second-order valence-corrected chi connectivity index (χ2v) is 12.5. The molecule has 1 amide bonds. The molecular formula is C18H31NO2Si. The number of nitrogens with two attached hydrogens (primary N) is 1. The first-order valence-corrected chi connectivity index (χ1v) is 10.3. The summed E-state index contributed by atoms with van der Waals surface area (Å²) in [6.07, 6.45) is 0. The minimum Gasteiger partial charge on any atom is -0.412 e. The van der Waals surface area contributed by atoms with Gasteiger partial charge in [0, 0.05) is 5.56 Å². The van der Waals surface area contributed by atoms with Crippen LogP contribution in [0.4, 0.5) is 0 Å². The van der Waals surface area contributed by atoms with Crippen LogP contribution in [-0.4, -0.2) is 14.2 Å².